The van der Waals surface area contributed by atoms with Gasteiger partial charge in [0, 0.05) is 4.91 Å². The monoisotopic (exact) mass is 860 g/mol. The first-order valence-electron chi connectivity index (χ1n) is 22.5. The van der Waals surface area contributed by atoms with Gasteiger partial charge >= 0.3 is 5.97 Å². The Bertz CT molecular complexity index is 990. The number of carbonyl (C=O) groups is 1. The van der Waals surface area contributed by atoms with Crippen molar-refractivity contribution in [3.63, 3.8) is 0 Å². The lowest BCUT2D eigenvalue weighted by molar-refractivity contribution is -0.135. The van der Waals surface area contributed by atoms with Gasteiger partial charge < -0.3 is 9.84 Å². The van der Waals surface area contributed by atoms with Gasteiger partial charge in [-0.05, 0) is 24.3 Å². The third kappa shape index (κ3) is 25.3. The Morgan fingerprint density at radius 3 is 1.06 bits per heavy atom. The van der Waals surface area contributed by atoms with Crippen molar-refractivity contribution < 1.29 is 14.6 Å². The first-order chi connectivity index (χ1) is 26.6. The summed E-state index contributed by atoms with van der Waals surface area (Å²) in [6, 6.07) is 0. The molecule has 314 valence electrons. The molecule has 0 atom stereocenters. The number of methoxy groups -OCH3 is 1. The molecule has 0 radical (unpaired) electrons. The third-order valence-electron chi connectivity index (χ3n) is 10.3. The number of esters is 1. The Hall–Kier alpha value is 0.750. The van der Waals surface area contributed by atoms with E-state index in [2.05, 4.69) is 13.8 Å². The van der Waals surface area contributed by atoms with Crippen molar-refractivity contribution in [2.24, 2.45) is 0 Å². The molecule has 0 bridgehead atoms. The first kappa shape index (κ1) is 50.9. The molecule has 2 aliphatic heterocycles. The van der Waals surface area contributed by atoms with E-state index in [4.69, 9.17) is 4.74 Å². The number of hydrogen-bond donors (Lipinski definition) is 1. The van der Waals surface area contributed by atoms with Crippen LogP contribution in [0, 0.1) is 0 Å². The molecule has 3 nitrogen and oxygen atoms in total. The largest absolute Gasteiger partial charge is 0.465 e. The van der Waals surface area contributed by atoms with Gasteiger partial charge in [-0.2, -0.15) is 0 Å². The highest BCUT2D eigenvalue weighted by molar-refractivity contribution is 8.42. The van der Waals surface area contributed by atoms with Gasteiger partial charge in [-0.15, -0.1) is 23.5 Å². The topological polar surface area (TPSA) is 46.5 Å². The van der Waals surface area contributed by atoms with Crippen LogP contribution in [-0.2, 0) is 9.53 Å². The number of thioether (sulfide) groups is 6. The van der Waals surface area contributed by atoms with E-state index in [-0.39, 0.29) is 12.6 Å². The van der Waals surface area contributed by atoms with E-state index in [1.165, 1.54) is 249 Å². The van der Waals surface area contributed by atoms with Gasteiger partial charge in [0.25, 0.3) is 0 Å². The summed E-state index contributed by atoms with van der Waals surface area (Å²) in [6.07, 6.45) is 45.0. The molecular formula is C45H80O3S6. The van der Waals surface area contributed by atoms with Crippen LogP contribution in [0.5, 0.6) is 0 Å². The normalized spacial score (nSPS) is 14.7. The zero-order valence-corrected chi connectivity index (χ0v) is 39.9. The minimum absolute atomic E-state index is 0.122. The molecule has 54 heavy (non-hydrogen) atoms. The van der Waals surface area contributed by atoms with Crippen molar-refractivity contribution in [2.75, 3.05) is 25.2 Å². The number of rotatable bonds is 38. The molecule has 0 aromatic heterocycles. The van der Waals surface area contributed by atoms with Crippen molar-refractivity contribution in [3.8, 4) is 0 Å². The maximum absolute atomic E-state index is 12.4. The zero-order chi connectivity index (χ0) is 38.7. The Kier molecular flexibility index (Phi) is 34.7. The molecule has 2 heterocycles. The van der Waals surface area contributed by atoms with Gasteiger partial charge in [-0.25, -0.2) is 4.79 Å². The number of aliphatic hydroxyl groups excluding tert-OH is 1. The molecule has 0 amide bonds. The van der Waals surface area contributed by atoms with E-state index in [1.807, 2.05) is 47.0 Å². The van der Waals surface area contributed by atoms with Gasteiger partial charge in [0.05, 0.1) is 30.7 Å². The lowest BCUT2D eigenvalue weighted by Crippen LogP contribution is -2.03. The summed E-state index contributed by atoms with van der Waals surface area (Å²) in [7, 11) is 1.42. The van der Waals surface area contributed by atoms with Crippen molar-refractivity contribution in [1.29, 1.82) is 0 Å². The summed E-state index contributed by atoms with van der Waals surface area (Å²) in [6.45, 7) is 4.47. The number of carbonyl (C=O) groups excluding carboxylic acids is 1. The maximum atomic E-state index is 12.4. The van der Waals surface area contributed by atoms with Crippen molar-refractivity contribution in [1.82, 2.24) is 0 Å². The highest BCUT2D eigenvalue weighted by atomic mass is 32.3. The molecule has 0 aromatic carbocycles. The van der Waals surface area contributed by atoms with Gasteiger partial charge in [-0.3, -0.25) is 0 Å². The fourth-order valence-electron chi connectivity index (χ4n) is 6.93. The summed E-state index contributed by atoms with van der Waals surface area (Å²) in [5, 5.41) is 9.92. The van der Waals surface area contributed by atoms with Gasteiger partial charge in [0.15, 0.2) is 0 Å². The van der Waals surface area contributed by atoms with E-state index in [1.54, 1.807) is 11.8 Å². The Labute approximate surface area is 360 Å². The molecule has 0 spiro atoms. The average molecular weight is 862 g/mol. The molecule has 1 N–H and O–H groups in total. The molecule has 0 fully saturated rings. The third-order valence-corrected chi connectivity index (χ3v) is 19.2. The summed E-state index contributed by atoms with van der Waals surface area (Å²) in [4.78, 5) is 13.6. The quantitative estimate of drug-likeness (QED) is 0.0483. The predicted molar refractivity (Wildman–Crippen MR) is 255 cm³/mol. The van der Waals surface area contributed by atoms with Crippen LogP contribution in [0.2, 0.25) is 0 Å². The van der Waals surface area contributed by atoms with Crippen LogP contribution in [0.4, 0.5) is 0 Å². The first-order valence-corrected chi connectivity index (χ1v) is 27.8. The second kappa shape index (κ2) is 36.8. The minimum Gasteiger partial charge on any atom is -0.465 e. The second-order valence-electron chi connectivity index (χ2n) is 15.3. The van der Waals surface area contributed by atoms with E-state index in [0.29, 0.717) is 9.81 Å². The van der Waals surface area contributed by atoms with Crippen molar-refractivity contribution in [3.05, 3.63) is 26.8 Å². The van der Waals surface area contributed by atoms with Crippen LogP contribution < -0.4 is 0 Å². The lowest BCUT2D eigenvalue weighted by atomic mass is 10.0. The number of unbranched alkanes of at least 4 members (excludes halogenated alkanes) is 30. The van der Waals surface area contributed by atoms with Crippen LogP contribution in [0.3, 0.4) is 0 Å². The molecule has 2 aliphatic rings. The highest BCUT2D eigenvalue weighted by Gasteiger charge is 2.33. The smallest absolute Gasteiger partial charge is 0.345 e. The molecule has 2 rings (SSSR count). The number of aliphatic hydroxyl groups is 1. The summed E-state index contributed by atoms with van der Waals surface area (Å²) in [5.74, 6) is 2.02. The SMILES string of the molecule is CCCCCCCCCCCCCCCCCCSC1=C(SCCCCCCCCCCCCCCCCCC)SC(=C2SC(CO)=C(C(=O)OC)S2)S1. The Balaban J connectivity index is 1.61. The van der Waals surface area contributed by atoms with Crippen molar-refractivity contribution >= 4 is 76.5 Å². The van der Waals surface area contributed by atoms with Crippen LogP contribution in [-0.4, -0.2) is 36.3 Å². The summed E-state index contributed by atoms with van der Waals surface area (Å²) in [5.41, 5.74) is 0. The van der Waals surface area contributed by atoms with E-state index >= 15 is 0 Å². The summed E-state index contributed by atoms with van der Waals surface area (Å²) < 4.78 is 10.3. The Morgan fingerprint density at radius 1 is 0.463 bits per heavy atom. The van der Waals surface area contributed by atoms with Crippen LogP contribution in [0.25, 0.3) is 0 Å². The standard InChI is InChI=1S/C45H80O3S6/c1-4-6-8-10-12-14-16-18-20-22-24-26-28-30-32-34-36-49-42-43(54-45(53-42)44-51-39(38-46)40(52-44)41(47)48-3)50-37-35-33-31-29-27-25-23-21-19-17-15-13-11-9-7-5-2/h46H,4-38H2,1-3H3. The van der Waals surface area contributed by atoms with E-state index in [9.17, 15) is 9.90 Å². The maximum Gasteiger partial charge on any atom is 0.345 e. The average Bonchev–Trinajstić information content (AvgIpc) is 3.81. The molecule has 0 unspecified atom stereocenters. The predicted octanol–water partition coefficient (Wildman–Crippen LogP) is 17.6. The minimum atomic E-state index is -0.343. The fourth-order valence-corrected chi connectivity index (χ4v) is 15.7. The molecular weight excluding hydrogens is 781 g/mol. The van der Waals surface area contributed by atoms with E-state index in [0.717, 1.165) is 4.24 Å². The molecule has 0 aliphatic carbocycles. The Morgan fingerprint density at radius 2 is 0.759 bits per heavy atom. The molecule has 9 heteroatoms. The lowest BCUT2D eigenvalue weighted by Gasteiger charge is -2.06. The van der Waals surface area contributed by atoms with Gasteiger partial charge in [0.2, 0.25) is 0 Å². The number of ether oxygens (including phenoxy) is 1. The zero-order valence-electron chi connectivity index (χ0n) is 35.0. The molecule has 0 saturated carbocycles. The van der Waals surface area contributed by atoms with Crippen LogP contribution >= 0.6 is 70.6 Å². The van der Waals surface area contributed by atoms with Crippen LogP contribution in [0.15, 0.2) is 26.8 Å². The number of hydrogen-bond acceptors (Lipinski definition) is 9. The van der Waals surface area contributed by atoms with Crippen molar-refractivity contribution in [2.45, 2.75) is 219 Å². The van der Waals surface area contributed by atoms with E-state index < -0.39 is 0 Å². The van der Waals surface area contributed by atoms with Crippen LogP contribution in [0.1, 0.15) is 219 Å². The molecule has 0 aromatic rings. The highest BCUT2D eigenvalue weighted by Crippen LogP contribution is 2.63. The van der Waals surface area contributed by atoms with Gasteiger partial charge in [-0.1, -0.05) is 254 Å². The second-order valence-corrected chi connectivity index (χ2v) is 22.7. The fraction of sp³-hybridized carbons (Fsp3) is 0.844. The molecule has 0 saturated heterocycles. The van der Waals surface area contributed by atoms with Gasteiger partial charge in [0.1, 0.15) is 4.91 Å². The summed E-state index contributed by atoms with van der Waals surface area (Å²) >= 11 is 10.9.